The van der Waals surface area contributed by atoms with Gasteiger partial charge in [0.1, 0.15) is 5.02 Å². The summed E-state index contributed by atoms with van der Waals surface area (Å²) in [5.74, 6) is -0.0341. The lowest BCUT2D eigenvalue weighted by atomic mass is 10.2. The number of aromatic nitrogens is 2. The van der Waals surface area contributed by atoms with E-state index in [0.29, 0.717) is 38.4 Å². The van der Waals surface area contributed by atoms with E-state index in [9.17, 15) is 9.59 Å². The Bertz CT molecular complexity index is 797. The van der Waals surface area contributed by atoms with Crippen molar-refractivity contribution in [3.05, 3.63) is 51.4 Å². The van der Waals surface area contributed by atoms with Gasteiger partial charge in [-0.15, -0.1) is 0 Å². The summed E-state index contributed by atoms with van der Waals surface area (Å²) >= 11 is 6.05. The molecule has 1 amide bonds. The molecule has 7 nitrogen and oxygen atoms in total. The molecule has 0 atom stereocenters. The summed E-state index contributed by atoms with van der Waals surface area (Å²) in [5.41, 5.74) is 2.20. The van der Waals surface area contributed by atoms with Crippen LogP contribution < -0.4 is 15.8 Å². The van der Waals surface area contributed by atoms with Gasteiger partial charge in [0.2, 0.25) is 5.91 Å². The molecular weight excluding hydrogens is 342 g/mol. The van der Waals surface area contributed by atoms with Crippen molar-refractivity contribution < 1.29 is 4.79 Å². The Morgan fingerprint density at radius 2 is 1.92 bits per heavy atom. The monoisotopic (exact) mass is 361 g/mol. The zero-order chi connectivity index (χ0) is 17.8. The first-order valence-corrected chi connectivity index (χ1v) is 8.48. The Hall–Kier alpha value is -2.38. The van der Waals surface area contributed by atoms with Crippen molar-refractivity contribution in [3.63, 3.8) is 0 Å². The first-order chi connectivity index (χ1) is 12.0. The number of hydrogen-bond donors (Lipinski definition) is 2. The third-order valence-corrected chi connectivity index (χ3v) is 4.56. The summed E-state index contributed by atoms with van der Waals surface area (Å²) in [7, 11) is 0. The van der Waals surface area contributed by atoms with E-state index in [2.05, 4.69) is 20.4 Å². The molecule has 0 unspecified atom stereocenters. The van der Waals surface area contributed by atoms with Gasteiger partial charge in [0.05, 0.1) is 18.4 Å². The first-order valence-electron chi connectivity index (χ1n) is 8.10. The van der Waals surface area contributed by atoms with E-state index in [1.165, 1.54) is 0 Å². The molecule has 2 N–H and O–H groups in total. The molecule has 132 valence electrons. The van der Waals surface area contributed by atoms with Crippen molar-refractivity contribution in [2.75, 3.05) is 42.9 Å². The molecule has 1 aromatic carbocycles. The number of benzene rings is 1. The highest BCUT2D eigenvalue weighted by atomic mass is 35.5. The quantitative estimate of drug-likeness (QED) is 0.862. The van der Waals surface area contributed by atoms with E-state index in [4.69, 9.17) is 11.6 Å². The average Bonchev–Trinajstić information content (AvgIpc) is 2.60. The number of aryl methyl sites for hydroxylation is 1. The standard InChI is InChI=1S/C17H20ClN5O2/c1-12-2-4-13(5-3-12)20-15(24)11-22-6-8-23(9-7-22)14-10-19-21-17(25)16(14)18/h2-5,10H,6-9,11H2,1H3,(H,20,24)(H,21,25). The summed E-state index contributed by atoms with van der Waals surface area (Å²) in [6.07, 6.45) is 1.56. The predicted octanol–water partition coefficient (Wildman–Crippen LogP) is 1.49. The zero-order valence-corrected chi connectivity index (χ0v) is 14.7. The minimum atomic E-state index is -0.390. The number of hydrogen-bond acceptors (Lipinski definition) is 5. The van der Waals surface area contributed by atoms with E-state index in [0.717, 1.165) is 11.3 Å². The summed E-state index contributed by atoms with van der Waals surface area (Å²) in [5, 5.41) is 9.17. The number of halogens is 1. The van der Waals surface area contributed by atoms with Gasteiger partial charge in [0.25, 0.3) is 5.56 Å². The molecule has 0 saturated carbocycles. The van der Waals surface area contributed by atoms with Gasteiger partial charge in [0, 0.05) is 31.9 Å². The van der Waals surface area contributed by atoms with Crippen LogP contribution in [0.1, 0.15) is 5.56 Å². The van der Waals surface area contributed by atoms with E-state index in [1.807, 2.05) is 36.1 Å². The lowest BCUT2D eigenvalue weighted by Crippen LogP contribution is -2.49. The zero-order valence-electron chi connectivity index (χ0n) is 14.0. The molecule has 1 fully saturated rings. The molecule has 1 aromatic heterocycles. The van der Waals surface area contributed by atoms with Gasteiger partial charge in [-0.2, -0.15) is 5.10 Å². The van der Waals surface area contributed by atoms with Gasteiger partial charge in [0.15, 0.2) is 0 Å². The van der Waals surface area contributed by atoms with Crippen molar-refractivity contribution >= 4 is 28.9 Å². The number of aromatic amines is 1. The van der Waals surface area contributed by atoms with Crippen LogP contribution in [0.2, 0.25) is 5.02 Å². The maximum absolute atomic E-state index is 12.2. The van der Waals surface area contributed by atoms with Crippen molar-refractivity contribution in [1.29, 1.82) is 0 Å². The number of rotatable bonds is 4. The Balaban J connectivity index is 1.52. The highest BCUT2D eigenvalue weighted by Gasteiger charge is 2.21. The average molecular weight is 362 g/mol. The van der Waals surface area contributed by atoms with Crippen LogP contribution >= 0.6 is 11.6 Å². The molecule has 0 bridgehead atoms. The van der Waals surface area contributed by atoms with Gasteiger partial charge in [-0.25, -0.2) is 5.10 Å². The van der Waals surface area contributed by atoms with Crippen LogP contribution in [0, 0.1) is 6.92 Å². The van der Waals surface area contributed by atoms with Gasteiger partial charge in [-0.3, -0.25) is 14.5 Å². The second kappa shape index (κ2) is 7.67. The molecule has 2 aromatic rings. The largest absolute Gasteiger partial charge is 0.366 e. The van der Waals surface area contributed by atoms with Gasteiger partial charge < -0.3 is 10.2 Å². The Morgan fingerprint density at radius 1 is 1.24 bits per heavy atom. The fourth-order valence-electron chi connectivity index (χ4n) is 2.78. The molecular formula is C17H20ClN5O2. The van der Waals surface area contributed by atoms with Gasteiger partial charge >= 0.3 is 0 Å². The van der Waals surface area contributed by atoms with Crippen molar-refractivity contribution in [3.8, 4) is 0 Å². The highest BCUT2D eigenvalue weighted by molar-refractivity contribution is 6.33. The molecule has 0 aliphatic carbocycles. The summed E-state index contributed by atoms with van der Waals surface area (Å²) in [6, 6.07) is 7.72. The Labute approximate surface area is 150 Å². The lowest BCUT2D eigenvalue weighted by Gasteiger charge is -2.35. The SMILES string of the molecule is Cc1ccc(NC(=O)CN2CCN(c3cn[nH]c(=O)c3Cl)CC2)cc1. The molecule has 2 heterocycles. The highest BCUT2D eigenvalue weighted by Crippen LogP contribution is 2.21. The van der Waals surface area contributed by atoms with E-state index in [1.54, 1.807) is 6.20 Å². The van der Waals surface area contributed by atoms with Crippen LogP contribution in [0.3, 0.4) is 0 Å². The number of H-pyrrole nitrogens is 1. The van der Waals surface area contributed by atoms with Crippen molar-refractivity contribution in [1.82, 2.24) is 15.1 Å². The molecule has 25 heavy (non-hydrogen) atoms. The molecule has 1 saturated heterocycles. The third kappa shape index (κ3) is 4.37. The molecule has 8 heteroatoms. The lowest BCUT2D eigenvalue weighted by molar-refractivity contribution is -0.117. The molecule has 0 radical (unpaired) electrons. The number of amides is 1. The molecule has 1 aliphatic rings. The van der Waals surface area contributed by atoms with Crippen LogP contribution in [0.15, 0.2) is 35.3 Å². The normalized spacial score (nSPS) is 15.2. The molecule has 1 aliphatic heterocycles. The van der Waals surface area contributed by atoms with Crippen LogP contribution in [0.25, 0.3) is 0 Å². The molecule has 0 spiro atoms. The topological polar surface area (TPSA) is 81.3 Å². The predicted molar refractivity (Wildman–Crippen MR) is 98.3 cm³/mol. The van der Waals surface area contributed by atoms with Crippen LogP contribution in [0.4, 0.5) is 11.4 Å². The van der Waals surface area contributed by atoms with Crippen molar-refractivity contribution in [2.45, 2.75) is 6.92 Å². The smallest absolute Gasteiger partial charge is 0.285 e. The van der Waals surface area contributed by atoms with Crippen LogP contribution in [-0.4, -0.2) is 53.7 Å². The second-order valence-electron chi connectivity index (χ2n) is 6.08. The summed E-state index contributed by atoms with van der Waals surface area (Å²) < 4.78 is 0. The number of nitrogens with one attached hydrogen (secondary N) is 2. The fraction of sp³-hybridized carbons (Fsp3) is 0.353. The van der Waals surface area contributed by atoms with E-state index in [-0.39, 0.29) is 16.5 Å². The second-order valence-corrected chi connectivity index (χ2v) is 6.45. The number of carbonyl (C=O) groups excluding carboxylic acids is 1. The number of carbonyl (C=O) groups is 1. The van der Waals surface area contributed by atoms with Crippen LogP contribution in [0.5, 0.6) is 0 Å². The van der Waals surface area contributed by atoms with Crippen molar-refractivity contribution in [2.24, 2.45) is 0 Å². The fourth-order valence-corrected chi connectivity index (χ4v) is 2.99. The maximum Gasteiger partial charge on any atom is 0.285 e. The van der Waals surface area contributed by atoms with E-state index < -0.39 is 0 Å². The maximum atomic E-state index is 12.2. The summed E-state index contributed by atoms with van der Waals surface area (Å²) in [4.78, 5) is 27.8. The third-order valence-electron chi connectivity index (χ3n) is 4.19. The minimum absolute atomic E-state index is 0.0341. The minimum Gasteiger partial charge on any atom is -0.366 e. The first kappa shape index (κ1) is 17.4. The van der Waals surface area contributed by atoms with Crippen LogP contribution in [-0.2, 0) is 4.79 Å². The van der Waals surface area contributed by atoms with Gasteiger partial charge in [-0.1, -0.05) is 29.3 Å². The Kier molecular flexibility index (Phi) is 5.35. The van der Waals surface area contributed by atoms with Gasteiger partial charge in [-0.05, 0) is 19.1 Å². The Morgan fingerprint density at radius 3 is 2.60 bits per heavy atom. The van der Waals surface area contributed by atoms with E-state index >= 15 is 0 Å². The number of anilines is 2. The number of piperazine rings is 1. The summed E-state index contributed by atoms with van der Waals surface area (Å²) in [6.45, 7) is 5.14. The number of nitrogens with zero attached hydrogens (tertiary/aromatic N) is 3. The molecule has 3 rings (SSSR count).